The second kappa shape index (κ2) is 12.4. The SMILES string of the molecule is O=CN(CC(NS(=O)(=O)c1cccc2ccccc12)C(=O)O)C1=CC(CCCCNc2nc3ccccc3[nH]2)ON1. The van der Waals surface area contributed by atoms with Gasteiger partial charge in [0.2, 0.25) is 22.4 Å². The van der Waals surface area contributed by atoms with Crippen LogP contribution >= 0.6 is 0 Å². The molecule has 1 aliphatic rings. The standard InChI is InChI=1S/C28H30N6O6S/c35-18-34(17-24(27(36)37)33-41(38,39)25-14-7-9-19-8-1-2-11-21(19)25)26-16-20(40-32-26)10-5-6-15-29-28-30-22-12-3-4-13-23(22)31-28/h1-4,7-9,11-14,16,18,20,24,32-33H,5-6,10,15,17H2,(H,36,37)(H2,29,30,31). The number of benzene rings is 3. The fourth-order valence-electron chi connectivity index (χ4n) is 4.63. The van der Waals surface area contributed by atoms with Crippen LogP contribution in [0.2, 0.25) is 0 Å². The van der Waals surface area contributed by atoms with Crippen LogP contribution in [0.15, 0.2) is 83.5 Å². The summed E-state index contributed by atoms with van der Waals surface area (Å²) in [5.41, 5.74) is 4.51. The molecule has 4 aromatic rings. The largest absolute Gasteiger partial charge is 0.480 e. The van der Waals surface area contributed by atoms with E-state index in [0.717, 1.165) is 28.8 Å². The first-order chi connectivity index (χ1) is 19.8. The Hall–Kier alpha value is -4.46. The van der Waals surface area contributed by atoms with Crippen molar-refractivity contribution in [2.24, 2.45) is 0 Å². The minimum Gasteiger partial charge on any atom is -0.480 e. The molecule has 0 fully saturated rings. The number of amides is 1. The summed E-state index contributed by atoms with van der Waals surface area (Å²) in [5, 5.41) is 14.2. The predicted octanol–water partition coefficient (Wildman–Crippen LogP) is 2.93. The number of carbonyl (C=O) groups is 2. The number of carbonyl (C=O) groups excluding carboxylic acids is 1. The molecule has 5 rings (SSSR count). The van der Waals surface area contributed by atoms with Gasteiger partial charge >= 0.3 is 5.97 Å². The molecule has 1 aliphatic heterocycles. The van der Waals surface area contributed by atoms with Gasteiger partial charge in [-0.25, -0.2) is 13.4 Å². The highest BCUT2D eigenvalue weighted by molar-refractivity contribution is 7.89. The number of imidazole rings is 1. The summed E-state index contributed by atoms with van der Waals surface area (Å²) in [6.45, 7) is 0.257. The van der Waals surface area contributed by atoms with Crippen molar-refractivity contribution < 1.29 is 28.0 Å². The van der Waals surface area contributed by atoms with E-state index in [1.165, 1.54) is 6.07 Å². The fraction of sp³-hybridized carbons (Fsp3) is 0.250. The Balaban J connectivity index is 1.15. The number of hydroxylamine groups is 1. The molecule has 3 aromatic carbocycles. The van der Waals surface area contributed by atoms with Crippen molar-refractivity contribution in [1.29, 1.82) is 0 Å². The normalized spacial score (nSPS) is 15.8. The maximum absolute atomic E-state index is 13.2. The molecule has 2 unspecified atom stereocenters. The Morgan fingerprint density at radius 1 is 1.10 bits per heavy atom. The summed E-state index contributed by atoms with van der Waals surface area (Å²) in [5.74, 6) is -0.465. The highest BCUT2D eigenvalue weighted by Gasteiger charge is 2.30. The average molecular weight is 579 g/mol. The Kier molecular flexibility index (Phi) is 8.47. The first kappa shape index (κ1) is 28.1. The van der Waals surface area contributed by atoms with E-state index >= 15 is 0 Å². The van der Waals surface area contributed by atoms with Crippen LogP contribution < -0.4 is 15.5 Å². The van der Waals surface area contributed by atoms with Gasteiger partial charge in [-0.3, -0.25) is 24.8 Å². The molecular weight excluding hydrogens is 548 g/mol. The van der Waals surface area contributed by atoms with E-state index in [1.54, 1.807) is 42.5 Å². The average Bonchev–Trinajstić information content (AvgIpc) is 3.61. The number of rotatable bonds is 14. The van der Waals surface area contributed by atoms with Gasteiger partial charge in [0.25, 0.3) is 0 Å². The third-order valence-corrected chi connectivity index (χ3v) is 8.24. The molecule has 5 N–H and O–H groups in total. The zero-order chi connectivity index (χ0) is 28.8. The summed E-state index contributed by atoms with van der Waals surface area (Å²) in [6, 6.07) is 17.8. The maximum Gasteiger partial charge on any atom is 0.323 e. The molecule has 0 saturated heterocycles. The zero-order valence-corrected chi connectivity index (χ0v) is 22.8. The summed E-state index contributed by atoms with van der Waals surface area (Å²) < 4.78 is 28.6. The number of nitrogens with zero attached hydrogens (tertiary/aromatic N) is 2. The second-order valence-electron chi connectivity index (χ2n) is 9.58. The number of carboxylic acids is 1. The minimum absolute atomic E-state index is 0.0454. The van der Waals surface area contributed by atoms with Gasteiger partial charge < -0.3 is 15.4 Å². The van der Waals surface area contributed by atoms with Gasteiger partial charge in [0.1, 0.15) is 18.0 Å². The molecule has 0 bridgehead atoms. The summed E-state index contributed by atoms with van der Waals surface area (Å²) in [7, 11) is -4.22. The van der Waals surface area contributed by atoms with Gasteiger partial charge in [-0.15, -0.1) is 0 Å². The Morgan fingerprint density at radius 3 is 2.68 bits per heavy atom. The number of aromatic amines is 1. The van der Waals surface area contributed by atoms with E-state index in [-0.39, 0.29) is 16.8 Å². The number of aromatic nitrogens is 2. The molecule has 2 heterocycles. The van der Waals surface area contributed by atoms with Crippen molar-refractivity contribution in [3.05, 3.63) is 78.6 Å². The van der Waals surface area contributed by atoms with Gasteiger partial charge in [-0.05, 0) is 48.9 Å². The summed E-state index contributed by atoms with van der Waals surface area (Å²) in [4.78, 5) is 38.1. The van der Waals surface area contributed by atoms with Crippen LogP contribution in [0.4, 0.5) is 5.95 Å². The fourth-order valence-corrected chi connectivity index (χ4v) is 6.04. The third-order valence-electron chi connectivity index (χ3n) is 6.71. The molecule has 12 nitrogen and oxygen atoms in total. The predicted molar refractivity (Wildman–Crippen MR) is 153 cm³/mol. The van der Waals surface area contributed by atoms with E-state index in [4.69, 9.17) is 4.84 Å². The molecule has 0 saturated carbocycles. The van der Waals surface area contributed by atoms with Crippen LogP contribution in [-0.2, 0) is 24.4 Å². The third kappa shape index (κ3) is 6.65. The van der Waals surface area contributed by atoms with E-state index in [0.29, 0.717) is 36.1 Å². The molecule has 1 aromatic heterocycles. The van der Waals surface area contributed by atoms with Crippen LogP contribution in [-0.4, -0.2) is 66.0 Å². The van der Waals surface area contributed by atoms with E-state index in [9.17, 15) is 23.1 Å². The number of sulfonamides is 1. The van der Waals surface area contributed by atoms with Crippen LogP contribution in [0.3, 0.4) is 0 Å². The minimum atomic E-state index is -4.22. The molecule has 2 atom stereocenters. The van der Waals surface area contributed by atoms with Crippen LogP contribution in [0.25, 0.3) is 21.8 Å². The van der Waals surface area contributed by atoms with E-state index in [2.05, 4.69) is 25.5 Å². The Labute approximate surface area is 236 Å². The number of aliphatic carboxylic acids is 1. The number of unbranched alkanes of at least 4 members (excludes halogenated alkanes) is 1. The van der Waals surface area contributed by atoms with Gasteiger partial charge in [0.05, 0.1) is 22.5 Å². The first-order valence-corrected chi connectivity index (χ1v) is 14.6. The molecule has 1 amide bonds. The highest BCUT2D eigenvalue weighted by atomic mass is 32.2. The highest BCUT2D eigenvalue weighted by Crippen LogP contribution is 2.23. The van der Waals surface area contributed by atoms with Crippen molar-refractivity contribution in [1.82, 2.24) is 25.1 Å². The smallest absolute Gasteiger partial charge is 0.323 e. The summed E-state index contributed by atoms with van der Waals surface area (Å²) in [6.07, 6.45) is 4.08. The molecule has 214 valence electrons. The Morgan fingerprint density at radius 2 is 1.88 bits per heavy atom. The lowest BCUT2D eigenvalue weighted by Crippen LogP contribution is -2.48. The quantitative estimate of drug-likeness (QED) is 0.112. The number of nitrogens with one attached hydrogen (secondary N) is 4. The number of anilines is 1. The number of para-hydroxylation sites is 2. The first-order valence-electron chi connectivity index (χ1n) is 13.1. The maximum atomic E-state index is 13.2. The summed E-state index contributed by atoms with van der Waals surface area (Å²) >= 11 is 0. The molecular formula is C28H30N6O6S. The van der Waals surface area contributed by atoms with E-state index in [1.807, 2.05) is 24.3 Å². The molecule has 0 radical (unpaired) electrons. The van der Waals surface area contributed by atoms with Crippen molar-refractivity contribution in [3.63, 3.8) is 0 Å². The van der Waals surface area contributed by atoms with Crippen LogP contribution in [0.5, 0.6) is 0 Å². The van der Waals surface area contributed by atoms with Gasteiger partial charge in [0, 0.05) is 11.9 Å². The van der Waals surface area contributed by atoms with Crippen LogP contribution in [0, 0.1) is 0 Å². The number of fused-ring (bicyclic) bond motifs is 2. The Bertz CT molecular complexity index is 1650. The second-order valence-corrected chi connectivity index (χ2v) is 11.3. The van der Waals surface area contributed by atoms with Gasteiger partial charge in [-0.2, -0.15) is 4.72 Å². The monoisotopic (exact) mass is 578 g/mol. The molecule has 13 heteroatoms. The van der Waals surface area contributed by atoms with Crippen molar-refractivity contribution in [2.75, 3.05) is 18.4 Å². The van der Waals surface area contributed by atoms with Gasteiger partial charge in [0.15, 0.2) is 0 Å². The number of carboxylic acid groups (broad SMARTS) is 1. The lowest BCUT2D eigenvalue weighted by Gasteiger charge is -2.23. The topological polar surface area (TPSA) is 166 Å². The van der Waals surface area contributed by atoms with Crippen LogP contribution in [0.1, 0.15) is 19.3 Å². The zero-order valence-electron chi connectivity index (χ0n) is 22.0. The van der Waals surface area contributed by atoms with Gasteiger partial charge in [-0.1, -0.05) is 48.5 Å². The number of hydrogen-bond donors (Lipinski definition) is 5. The molecule has 0 spiro atoms. The van der Waals surface area contributed by atoms with Crippen molar-refractivity contribution >= 4 is 50.2 Å². The number of hydrogen-bond acceptors (Lipinski definition) is 8. The van der Waals surface area contributed by atoms with Crippen molar-refractivity contribution in [3.8, 4) is 0 Å². The molecule has 0 aliphatic carbocycles. The lowest BCUT2D eigenvalue weighted by atomic mass is 10.1. The lowest BCUT2D eigenvalue weighted by molar-refractivity contribution is -0.139. The number of H-pyrrole nitrogens is 1. The van der Waals surface area contributed by atoms with E-state index < -0.39 is 28.6 Å². The molecule has 41 heavy (non-hydrogen) atoms. The van der Waals surface area contributed by atoms with Crippen molar-refractivity contribution in [2.45, 2.75) is 36.3 Å².